The monoisotopic (exact) mass is 360 g/mol. The Morgan fingerprint density at radius 3 is 2.00 bits per heavy atom. The highest BCUT2D eigenvalue weighted by Gasteiger charge is 2.24. The molecule has 2 aromatic carbocycles. The van der Waals surface area contributed by atoms with E-state index in [-0.39, 0.29) is 0 Å². The Morgan fingerprint density at radius 2 is 1.42 bits per heavy atom. The second-order valence-electron chi connectivity index (χ2n) is 6.05. The van der Waals surface area contributed by atoms with Crippen molar-refractivity contribution >= 4 is 36.7 Å². The van der Waals surface area contributed by atoms with Crippen LogP contribution in [0.4, 0.5) is 5.13 Å². The van der Waals surface area contributed by atoms with Crippen LogP contribution in [-0.2, 0) is 10.0 Å². The van der Waals surface area contributed by atoms with Gasteiger partial charge in [-0.3, -0.25) is 4.72 Å². The normalized spacial score (nSPS) is 11.9. The predicted molar refractivity (Wildman–Crippen MR) is 101 cm³/mol. The van der Waals surface area contributed by atoms with Crippen molar-refractivity contribution in [1.82, 2.24) is 4.98 Å². The summed E-state index contributed by atoms with van der Waals surface area (Å²) in [4.78, 5) is 4.74. The summed E-state index contributed by atoms with van der Waals surface area (Å²) >= 11 is 1.34. The van der Waals surface area contributed by atoms with Gasteiger partial charge in [0.15, 0.2) is 5.13 Å². The minimum absolute atomic E-state index is 0.363. The Labute approximate surface area is 146 Å². The molecule has 24 heavy (non-hydrogen) atoms. The molecule has 0 amide bonds. The first kappa shape index (κ1) is 16.9. The average molecular weight is 361 g/mol. The van der Waals surface area contributed by atoms with Crippen molar-refractivity contribution < 1.29 is 8.42 Å². The molecule has 0 aliphatic rings. The maximum atomic E-state index is 13.0. The van der Waals surface area contributed by atoms with E-state index >= 15 is 0 Å². The van der Waals surface area contributed by atoms with Gasteiger partial charge in [-0.2, -0.15) is 0 Å². The van der Waals surface area contributed by atoms with Gasteiger partial charge in [-0.05, 0) is 74.6 Å². The highest BCUT2D eigenvalue weighted by molar-refractivity contribution is 7.93. The van der Waals surface area contributed by atoms with Gasteiger partial charge in [0, 0.05) is 0 Å². The Kier molecular flexibility index (Phi) is 4.13. The maximum Gasteiger partial charge on any atom is 0.264 e. The molecule has 0 saturated carbocycles. The summed E-state index contributed by atoms with van der Waals surface area (Å²) in [5.41, 5.74) is 5.56. The lowest BCUT2D eigenvalue weighted by atomic mass is 9.95. The molecule has 0 spiro atoms. The molecule has 0 aliphatic carbocycles. The fourth-order valence-electron chi connectivity index (χ4n) is 2.95. The molecule has 126 valence electrons. The van der Waals surface area contributed by atoms with Crippen molar-refractivity contribution in [1.29, 1.82) is 0 Å². The number of fused-ring (bicyclic) bond motifs is 1. The van der Waals surface area contributed by atoms with E-state index < -0.39 is 10.0 Å². The molecule has 4 nitrogen and oxygen atoms in total. The van der Waals surface area contributed by atoms with E-state index in [4.69, 9.17) is 0 Å². The fraction of sp³-hybridized carbons (Fsp3) is 0.278. The minimum atomic E-state index is -3.69. The van der Waals surface area contributed by atoms with Crippen molar-refractivity contribution in [3.05, 3.63) is 52.1 Å². The SMILES string of the molecule is Cc1c(C)c(C)c(S(=O)(=O)Nc2nc3ccccc3s2)c(C)c1C. The second-order valence-corrected chi connectivity index (χ2v) is 8.70. The lowest BCUT2D eigenvalue weighted by molar-refractivity contribution is 0.599. The molecule has 0 fully saturated rings. The largest absolute Gasteiger partial charge is 0.264 e. The van der Waals surface area contributed by atoms with Crippen molar-refractivity contribution in [2.45, 2.75) is 39.5 Å². The van der Waals surface area contributed by atoms with E-state index in [1.54, 1.807) is 0 Å². The molecule has 1 heterocycles. The number of para-hydroxylation sites is 1. The fourth-order valence-corrected chi connectivity index (χ4v) is 5.65. The molecule has 0 unspecified atom stereocenters. The Morgan fingerprint density at radius 1 is 0.875 bits per heavy atom. The summed E-state index contributed by atoms with van der Waals surface area (Å²) in [5.74, 6) is 0. The predicted octanol–water partition coefficient (Wildman–Crippen LogP) is 4.64. The molecule has 3 rings (SSSR count). The van der Waals surface area contributed by atoms with Gasteiger partial charge in [-0.15, -0.1) is 0 Å². The van der Waals surface area contributed by atoms with Crippen LogP contribution in [0.3, 0.4) is 0 Å². The zero-order valence-electron chi connectivity index (χ0n) is 14.4. The first-order valence-corrected chi connectivity index (χ1v) is 9.97. The molecule has 1 N–H and O–H groups in total. The van der Waals surface area contributed by atoms with Crippen LogP contribution in [0.25, 0.3) is 10.2 Å². The molecule has 3 aromatic rings. The first-order chi connectivity index (χ1) is 11.2. The van der Waals surface area contributed by atoms with Crippen molar-refractivity contribution in [2.24, 2.45) is 0 Å². The molecular formula is C18H20N2O2S2. The van der Waals surface area contributed by atoms with Crippen LogP contribution in [0.5, 0.6) is 0 Å². The third kappa shape index (κ3) is 2.70. The molecule has 0 atom stereocenters. The number of benzene rings is 2. The van der Waals surface area contributed by atoms with E-state index in [1.807, 2.05) is 58.9 Å². The van der Waals surface area contributed by atoms with Crippen molar-refractivity contribution in [2.75, 3.05) is 4.72 Å². The third-order valence-corrected chi connectivity index (χ3v) is 7.41. The molecular weight excluding hydrogens is 340 g/mol. The van der Waals surface area contributed by atoms with Gasteiger partial charge in [-0.25, -0.2) is 13.4 Å². The highest BCUT2D eigenvalue weighted by atomic mass is 32.2. The van der Waals surface area contributed by atoms with Gasteiger partial charge < -0.3 is 0 Å². The van der Waals surface area contributed by atoms with E-state index in [9.17, 15) is 8.42 Å². The van der Waals surface area contributed by atoms with Crippen LogP contribution in [-0.4, -0.2) is 13.4 Å². The van der Waals surface area contributed by atoms with Gasteiger partial charge in [0.1, 0.15) is 0 Å². The van der Waals surface area contributed by atoms with Gasteiger partial charge >= 0.3 is 0 Å². The van der Waals surface area contributed by atoms with E-state index in [2.05, 4.69) is 9.71 Å². The third-order valence-electron chi connectivity index (χ3n) is 4.72. The number of aromatic nitrogens is 1. The first-order valence-electron chi connectivity index (χ1n) is 7.67. The van der Waals surface area contributed by atoms with Gasteiger partial charge in [0.25, 0.3) is 10.0 Å². The van der Waals surface area contributed by atoms with Crippen LogP contribution >= 0.6 is 11.3 Å². The van der Waals surface area contributed by atoms with Crippen LogP contribution < -0.4 is 4.72 Å². The number of nitrogens with zero attached hydrogens (tertiary/aromatic N) is 1. The minimum Gasteiger partial charge on any atom is -0.255 e. The quantitative estimate of drug-likeness (QED) is 0.740. The molecule has 0 saturated heterocycles. The van der Waals surface area contributed by atoms with Gasteiger partial charge in [-0.1, -0.05) is 23.5 Å². The summed E-state index contributed by atoms with van der Waals surface area (Å²) in [5, 5.41) is 0.394. The standard InChI is InChI=1S/C18H20N2O2S2/c1-10-11(2)13(4)17(14(5)12(10)3)24(21,22)20-18-19-15-8-6-7-9-16(15)23-18/h6-9H,1-5H3,(H,19,20). The van der Waals surface area contributed by atoms with E-state index in [1.165, 1.54) is 11.3 Å². The van der Waals surface area contributed by atoms with E-state index in [0.29, 0.717) is 10.0 Å². The molecule has 1 aromatic heterocycles. The lowest BCUT2D eigenvalue weighted by Gasteiger charge is -2.18. The van der Waals surface area contributed by atoms with E-state index in [0.717, 1.165) is 38.0 Å². The summed E-state index contributed by atoms with van der Waals surface area (Å²) in [6.45, 7) is 9.69. The molecule has 0 bridgehead atoms. The van der Waals surface area contributed by atoms with Crippen molar-refractivity contribution in [3.8, 4) is 0 Å². The van der Waals surface area contributed by atoms with Crippen LogP contribution in [0, 0.1) is 34.6 Å². The number of hydrogen-bond acceptors (Lipinski definition) is 4. The molecule has 6 heteroatoms. The number of thiazole rings is 1. The summed E-state index contributed by atoms with van der Waals surface area (Å²) in [7, 11) is -3.69. The average Bonchev–Trinajstić information content (AvgIpc) is 2.92. The molecule has 0 aliphatic heterocycles. The van der Waals surface area contributed by atoms with Crippen molar-refractivity contribution in [3.63, 3.8) is 0 Å². The summed E-state index contributed by atoms with van der Waals surface area (Å²) in [6, 6.07) is 7.61. The van der Waals surface area contributed by atoms with Crippen LogP contribution in [0.1, 0.15) is 27.8 Å². The number of hydrogen-bond donors (Lipinski definition) is 1. The Bertz CT molecular complexity index is 988. The zero-order valence-corrected chi connectivity index (χ0v) is 16.0. The van der Waals surface area contributed by atoms with Gasteiger partial charge in [0.2, 0.25) is 0 Å². The smallest absolute Gasteiger partial charge is 0.255 e. The number of nitrogens with one attached hydrogen (secondary N) is 1. The lowest BCUT2D eigenvalue weighted by Crippen LogP contribution is -2.17. The number of rotatable bonds is 3. The Hall–Kier alpha value is -1.92. The maximum absolute atomic E-state index is 13.0. The van der Waals surface area contributed by atoms with Crippen LogP contribution in [0.2, 0.25) is 0 Å². The zero-order chi connectivity index (χ0) is 17.6. The number of sulfonamides is 1. The molecule has 0 radical (unpaired) electrons. The summed E-state index contributed by atoms with van der Waals surface area (Å²) in [6.07, 6.45) is 0. The van der Waals surface area contributed by atoms with Crippen LogP contribution in [0.15, 0.2) is 29.2 Å². The topological polar surface area (TPSA) is 59.1 Å². The highest BCUT2D eigenvalue weighted by Crippen LogP contribution is 2.32. The second kappa shape index (κ2) is 5.86. The number of anilines is 1. The Balaban J connectivity index is 2.11. The summed E-state index contributed by atoms with van der Waals surface area (Å²) < 4.78 is 29.6. The van der Waals surface area contributed by atoms with Gasteiger partial charge in [0.05, 0.1) is 15.1 Å².